The minimum atomic E-state index is -0.257. The van der Waals surface area contributed by atoms with Crippen LogP contribution in [0.1, 0.15) is 23.5 Å². The molecule has 2 aromatic carbocycles. The summed E-state index contributed by atoms with van der Waals surface area (Å²) in [6, 6.07) is 14.6. The molecule has 1 atom stereocenters. The highest BCUT2D eigenvalue weighted by Gasteiger charge is 2.20. The fraction of sp³-hybridized carbons (Fsp3) is 0.150. The molecule has 0 aliphatic rings. The Morgan fingerprint density at radius 1 is 1.00 bits per heavy atom. The third-order valence-corrected chi connectivity index (χ3v) is 5.89. The molecule has 136 valence electrons. The second-order valence-electron chi connectivity index (χ2n) is 6.24. The monoisotopic (exact) mass is 415 g/mol. The molecular formula is C20H15Cl2N3OS. The van der Waals surface area contributed by atoms with E-state index >= 15 is 0 Å². The average Bonchev–Trinajstić information content (AvgIpc) is 3.05. The van der Waals surface area contributed by atoms with Gasteiger partial charge in [0.05, 0.1) is 15.7 Å². The zero-order chi connectivity index (χ0) is 19.1. The van der Waals surface area contributed by atoms with Gasteiger partial charge in [0.2, 0.25) is 0 Å². The molecule has 7 heteroatoms. The molecule has 4 aromatic rings. The van der Waals surface area contributed by atoms with Gasteiger partial charge in [-0.05, 0) is 43.7 Å². The van der Waals surface area contributed by atoms with Crippen molar-refractivity contribution in [2.45, 2.75) is 19.9 Å². The van der Waals surface area contributed by atoms with Gasteiger partial charge in [-0.25, -0.2) is 9.67 Å². The first-order chi connectivity index (χ1) is 12.9. The van der Waals surface area contributed by atoms with Crippen LogP contribution in [0.2, 0.25) is 10.0 Å². The van der Waals surface area contributed by atoms with Gasteiger partial charge in [0.15, 0.2) is 5.52 Å². The number of fused-ring (bicyclic) bond motifs is 1. The quantitative estimate of drug-likeness (QED) is 0.428. The summed E-state index contributed by atoms with van der Waals surface area (Å²) in [4.78, 5) is 17.5. The largest absolute Gasteiger partial charge is 0.294 e. The zero-order valence-corrected chi connectivity index (χ0v) is 16.9. The van der Waals surface area contributed by atoms with Gasteiger partial charge in [-0.2, -0.15) is 5.10 Å². The summed E-state index contributed by atoms with van der Waals surface area (Å²) in [5.41, 5.74) is 2.81. The number of aromatic nitrogens is 3. The summed E-state index contributed by atoms with van der Waals surface area (Å²) >= 11 is 13.5. The van der Waals surface area contributed by atoms with Crippen molar-refractivity contribution in [1.29, 1.82) is 0 Å². The normalized spacial score (nSPS) is 12.4. The summed E-state index contributed by atoms with van der Waals surface area (Å²) < 4.78 is 2.29. The van der Waals surface area contributed by atoms with Gasteiger partial charge >= 0.3 is 0 Å². The van der Waals surface area contributed by atoms with Crippen molar-refractivity contribution in [3.63, 3.8) is 0 Å². The lowest BCUT2D eigenvalue weighted by Gasteiger charge is -2.16. The van der Waals surface area contributed by atoms with E-state index in [0.717, 1.165) is 26.5 Å². The van der Waals surface area contributed by atoms with Crippen molar-refractivity contribution in [1.82, 2.24) is 14.8 Å². The van der Waals surface area contributed by atoms with Gasteiger partial charge < -0.3 is 0 Å². The van der Waals surface area contributed by atoms with Crippen LogP contribution >= 0.6 is 34.5 Å². The van der Waals surface area contributed by atoms with E-state index in [4.69, 9.17) is 28.3 Å². The number of hydrogen-bond acceptors (Lipinski definition) is 4. The second-order valence-corrected chi connectivity index (χ2v) is 8.32. The Labute approximate surface area is 170 Å². The second kappa shape index (κ2) is 7.08. The van der Waals surface area contributed by atoms with E-state index in [-0.39, 0.29) is 11.6 Å². The third kappa shape index (κ3) is 3.38. The molecule has 0 saturated heterocycles. The number of benzene rings is 2. The molecule has 2 aromatic heterocycles. The van der Waals surface area contributed by atoms with Gasteiger partial charge in [-0.15, -0.1) is 11.3 Å². The lowest BCUT2D eigenvalue weighted by atomic mass is 10.1. The predicted molar refractivity (Wildman–Crippen MR) is 112 cm³/mol. The van der Waals surface area contributed by atoms with E-state index in [1.807, 2.05) is 62.4 Å². The number of nitrogens with zero attached hydrogens (tertiary/aromatic N) is 3. The molecule has 0 saturated carbocycles. The minimum absolute atomic E-state index is 0.200. The fourth-order valence-electron chi connectivity index (χ4n) is 2.98. The van der Waals surface area contributed by atoms with Crippen molar-refractivity contribution in [2.75, 3.05) is 0 Å². The number of aryl methyl sites for hydroxylation is 1. The Hall–Kier alpha value is -2.21. The van der Waals surface area contributed by atoms with Crippen LogP contribution in [0.3, 0.4) is 0 Å². The Morgan fingerprint density at radius 2 is 1.59 bits per heavy atom. The summed E-state index contributed by atoms with van der Waals surface area (Å²) in [5.74, 6) is 0. The number of thiazole rings is 1. The number of hydrogen-bond donors (Lipinski definition) is 0. The molecule has 0 amide bonds. The summed E-state index contributed by atoms with van der Waals surface area (Å²) in [5, 5.41) is 6.84. The molecule has 0 bridgehead atoms. The predicted octanol–water partition coefficient (Wildman–Crippen LogP) is 5.74. The van der Waals surface area contributed by atoms with Crippen molar-refractivity contribution >= 4 is 44.8 Å². The van der Waals surface area contributed by atoms with E-state index in [1.54, 1.807) is 0 Å². The molecule has 4 nitrogen and oxygen atoms in total. The highest BCUT2D eigenvalue weighted by molar-refractivity contribution is 7.19. The average molecular weight is 416 g/mol. The first-order valence-electron chi connectivity index (χ1n) is 8.35. The van der Waals surface area contributed by atoms with E-state index in [1.165, 1.54) is 16.0 Å². The Bertz CT molecular complexity index is 1180. The van der Waals surface area contributed by atoms with Gasteiger partial charge in [0.1, 0.15) is 5.69 Å². The minimum Gasteiger partial charge on any atom is -0.265 e. The van der Waals surface area contributed by atoms with Crippen LogP contribution in [-0.4, -0.2) is 14.8 Å². The van der Waals surface area contributed by atoms with Crippen molar-refractivity contribution in [3.8, 4) is 11.3 Å². The van der Waals surface area contributed by atoms with Crippen LogP contribution in [0, 0.1) is 6.92 Å². The Balaban J connectivity index is 1.96. The van der Waals surface area contributed by atoms with Crippen LogP contribution in [0.4, 0.5) is 0 Å². The van der Waals surface area contributed by atoms with Gasteiger partial charge in [-0.1, -0.05) is 47.5 Å². The summed E-state index contributed by atoms with van der Waals surface area (Å²) in [6.07, 6.45) is 0. The topological polar surface area (TPSA) is 47.8 Å². The summed E-state index contributed by atoms with van der Waals surface area (Å²) in [7, 11) is 0. The van der Waals surface area contributed by atoms with Crippen LogP contribution in [-0.2, 0) is 0 Å². The molecule has 0 N–H and O–H groups in total. The standard InChI is InChI=1S/C20H15Cl2N3OS/c1-11(13-3-7-15(21)8-4-13)25-20(26)18-19(27-12(2)23-18)17(24-25)14-5-9-16(22)10-6-14/h3-11H,1-2H3. The number of halogens is 2. The first kappa shape index (κ1) is 18.2. The molecule has 0 aliphatic carbocycles. The van der Waals surface area contributed by atoms with Gasteiger partial charge in [0.25, 0.3) is 5.56 Å². The SMILES string of the molecule is Cc1nc2c(=O)n(C(C)c3ccc(Cl)cc3)nc(-c3ccc(Cl)cc3)c2s1. The van der Waals surface area contributed by atoms with Gasteiger partial charge in [-0.3, -0.25) is 4.79 Å². The lowest BCUT2D eigenvalue weighted by molar-refractivity contribution is 0.539. The molecule has 27 heavy (non-hydrogen) atoms. The zero-order valence-electron chi connectivity index (χ0n) is 14.6. The van der Waals surface area contributed by atoms with Crippen LogP contribution in [0.25, 0.3) is 21.5 Å². The maximum absolute atomic E-state index is 13.1. The maximum atomic E-state index is 13.1. The van der Waals surface area contributed by atoms with E-state index < -0.39 is 0 Å². The smallest absolute Gasteiger partial charge is 0.265 e. The molecular weight excluding hydrogens is 401 g/mol. The summed E-state index contributed by atoms with van der Waals surface area (Å²) in [6.45, 7) is 3.83. The lowest BCUT2D eigenvalue weighted by Crippen LogP contribution is -2.27. The molecule has 4 rings (SSSR count). The van der Waals surface area contributed by atoms with E-state index in [9.17, 15) is 4.79 Å². The van der Waals surface area contributed by atoms with Crippen molar-refractivity contribution < 1.29 is 0 Å². The number of rotatable bonds is 3. The maximum Gasteiger partial charge on any atom is 0.294 e. The molecule has 0 fully saturated rings. The first-order valence-corrected chi connectivity index (χ1v) is 9.92. The molecule has 0 spiro atoms. The highest BCUT2D eigenvalue weighted by atomic mass is 35.5. The fourth-order valence-corrected chi connectivity index (χ4v) is 4.15. The third-order valence-electron chi connectivity index (χ3n) is 4.40. The molecule has 2 heterocycles. The van der Waals surface area contributed by atoms with E-state index in [0.29, 0.717) is 15.6 Å². The van der Waals surface area contributed by atoms with Crippen LogP contribution in [0.15, 0.2) is 53.3 Å². The highest BCUT2D eigenvalue weighted by Crippen LogP contribution is 2.31. The van der Waals surface area contributed by atoms with E-state index in [2.05, 4.69) is 4.98 Å². The van der Waals surface area contributed by atoms with Gasteiger partial charge in [0, 0.05) is 15.6 Å². The molecule has 0 radical (unpaired) electrons. The van der Waals surface area contributed by atoms with Crippen molar-refractivity contribution in [3.05, 3.63) is 79.5 Å². The molecule has 0 aliphatic heterocycles. The van der Waals surface area contributed by atoms with Crippen LogP contribution < -0.4 is 5.56 Å². The Morgan fingerprint density at radius 3 is 2.22 bits per heavy atom. The Kier molecular flexibility index (Phi) is 4.76. The van der Waals surface area contributed by atoms with Crippen LogP contribution in [0.5, 0.6) is 0 Å². The molecule has 1 unspecified atom stereocenters. The van der Waals surface area contributed by atoms with Crippen molar-refractivity contribution in [2.24, 2.45) is 0 Å².